The Balaban J connectivity index is 2.35. The van der Waals surface area contributed by atoms with Crippen LogP contribution >= 0.6 is 11.6 Å². The van der Waals surface area contributed by atoms with E-state index in [-0.39, 0.29) is 11.0 Å². The van der Waals surface area contributed by atoms with Crippen LogP contribution in [0.1, 0.15) is 36.8 Å². The minimum atomic E-state index is -2.47. The number of alkyl halides is 2. The van der Waals surface area contributed by atoms with E-state index in [1.807, 2.05) is 0 Å². The van der Waals surface area contributed by atoms with E-state index >= 15 is 0 Å². The molecule has 0 atom stereocenters. The first-order valence-electron chi connectivity index (χ1n) is 5.37. The van der Waals surface area contributed by atoms with Crippen LogP contribution in [0.2, 0.25) is 5.02 Å². The molecule has 1 aromatic rings. The van der Waals surface area contributed by atoms with Gasteiger partial charge < -0.3 is 5.73 Å². The third kappa shape index (κ3) is 1.82. The summed E-state index contributed by atoms with van der Waals surface area (Å²) >= 11 is 6.06. The first-order valence-corrected chi connectivity index (χ1v) is 5.75. The molecule has 2 rings (SSSR count). The van der Waals surface area contributed by atoms with Crippen molar-refractivity contribution in [3.05, 3.63) is 34.3 Å². The zero-order valence-corrected chi connectivity index (χ0v) is 9.61. The number of halogens is 3. The molecule has 1 fully saturated rings. The summed E-state index contributed by atoms with van der Waals surface area (Å²) in [6.45, 7) is 0.529. The minimum absolute atomic E-state index is 0.0276. The number of hydrogen-bond donors (Lipinski definition) is 1. The lowest BCUT2D eigenvalue weighted by atomic mass is 9.64. The molecular formula is C12H14ClF2N. The lowest BCUT2D eigenvalue weighted by Crippen LogP contribution is -2.41. The largest absolute Gasteiger partial charge is 0.330 e. The molecule has 0 radical (unpaired) electrons. The van der Waals surface area contributed by atoms with E-state index in [9.17, 15) is 8.78 Å². The van der Waals surface area contributed by atoms with Gasteiger partial charge >= 0.3 is 0 Å². The van der Waals surface area contributed by atoms with Crippen molar-refractivity contribution in [3.63, 3.8) is 0 Å². The van der Waals surface area contributed by atoms with E-state index in [1.54, 1.807) is 6.07 Å². The second kappa shape index (κ2) is 4.30. The van der Waals surface area contributed by atoms with Gasteiger partial charge in [-0.25, -0.2) is 8.78 Å². The molecule has 1 aromatic carbocycles. The smallest absolute Gasteiger partial charge is 0.263 e. The van der Waals surface area contributed by atoms with E-state index in [0.29, 0.717) is 11.6 Å². The monoisotopic (exact) mass is 245 g/mol. The molecule has 0 heterocycles. The number of hydrogen-bond acceptors (Lipinski definition) is 1. The van der Waals surface area contributed by atoms with Gasteiger partial charge in [-0.2, -0.15) is 0 Å². The van der Waals surface area contributed by atoms with Crippen LogP contribution in [0.25, 0.3) is 0 Å². The van der Waals surface area contributed by atoms with Gasteiger partial charge in [0, 0.05) is 22.5 Å². The lowest BCUT2D eigenvalue weighted by molar-refractivity contribution is 0.151. The molecule has 88 valence electrons. The first-order chi connectivity index (χ1) is 7.59. The van der Waals surface area contributed by atoms with Crippen molar-refractivity contribution < 1.29 is 8.78 Å². The Bertz CT molecular complexity index is 383. The van der Waals surface area contributed by atoms with Crippen molar-refractivity contribution >= 4 is 11.6 Å². The molecule has 0 saturated heterocycles. The number of rotatable bonds is 3. The van der Waals surface area contributed by atoms with Crippen molar-refractivity contribution in [1.82, 2.24) is 0 Å². The molecule has 0 spiro atoms. The molecule has 1 aliphatic rings. The van der Waals surface area contributed by atoms with E-state index < -0.39 is 6.43 Å². The predicted molar refractivity (Wildman–Crippen MR) is 61.0 cm³/mol. The second-order valence-corrected chi connectivity index (χ2v) is 4.79. The highest BCUT2D eigenvalue weighted by molar-refractivity contribution is 6.31. The molecule has 0 bridgehead atoms. The van der Waals surface area contributed by atoms with Gasteiger partial charge in [0.1, 0.15) is 0 Å². The van der Waals surface area contributed by atoms with Crippen molar-refractivity contribution in [2.45, 2.75) is 31.1 Å². The van der Waals surface area contributed by atoms with Crippen LogP contribution in [-0.4, -0.2) is 6.54 Å². The molecule has 1 nitrogen and oxygen atoms in total. The van der Waals surface area contributed by atoms with Gasteiger partial charge in [-0.15, -0.1) is 0 Å². The Kier molecular flexibility index (Phi) is 3.17. The average Bonchev–Trinajstić information content (AvgIpc) is 2.19. The zero-order chi connectivity index (χ0) is 11.8. The summed E-state index contributed by atoms with van der Waals surface area (Å²) in [6.07, 6.45) is 0.653. The molecular weight excluding hydrogens is 232 g/mol. The summed E-state index contributed by atoms with van der Waals surface area (Å²) in [6, 6.07) is 4.51. The quantitative estimate of drug-likeness (QED) is 0.864. The highest BCUT2D eigenvalue weighted by atomic mass is 35.5. The normalized spacial score (nSPS) is 18.6. The molecule has 16 heavy (non-hydrogen) atoms. The third-order valence-electron chi connectivity index (χ3n) is 3.52. The lowest BCUT2D eigenvalue weighted by Gasteiger charge is -2.42. The maximum absolute atomic E-state index is 12.5. The summed E-state index contributed by atoms with van der Waals surface area (Å²) in [5, 5.41) is 0.419. The van der Waals surface area contributed by atoms with Crippen molar-refractivity contribution in [3.8, 4) is 0 Å². The number of nitrogens with two attached hydrogens (primary N) is 1. The maximum atomic E-state index is 12.5. The van der Waals surface area contributed by atoms with Crippen LogP contribution in [0, 0.1) is 0 Å². The molecule has 0 unspecified atom stereocenters. The Morgan fingerprint density at radius 1 is 1.38 bits per heavy atom. The van der Waals surface area contributed by atoms with Crippen LogP contribution in [-0.2, 0) is 5.41 Å². The van der Waals surface area contributed by atoms with Gasteiger partial charge in [0.25, 0.3) is 6.43 Å². The fourth-order valence-electron chi connectivity index (χ4n) is 2.28. The van der Waals surface area contributed by atoms with E-state index in [1.165, 1.54) is 12.1 Å². The standard InChI is InChI=1S/C12H14ClF2N/c13-10-6-8(11(14)15)2-3-9(10)12(7-16)4-1-5-12/h2-3,6,11H,1,4-5,7,16H2. The predicted octanol–water partition coefficient (Wildman–Crippen LogP) is 3.66. The summed E-state index contributed by atoms with van der Waals surface area (Å²) in [5.41, 5.74) is 6.58. The fourth-order valence-corrected chi connectivity index (χ4v) is 2.67. The summed E-state index contributed by atoms with van der Waals surface area (Å²) in [7, 11) is 0. The molecule has 0 aliphatic heterocycles. The molecule has 4 heteroatoms. The van der Waals surface area contributed by atoms with Gasteiger partial charge in [0.15, 0.2) is 0 Å². The minimum Gasteiger partial charge on any atom is -0.330 e. The van der Waals surface area contributed by atoms with Gasteiger partial charge in [-0.1, -0.05) is 30.2 Å². The molecule has 0 amide bonds. The third-order valence-corrected chi connectivity index (χ3v) is 3.83. The molecule has 0 aromatic heterocycles. The van der Waals surface area contributed by atoms with Crippen molar-refractivity contribution in [1.29, 1.82) is 0 Å². The number of benzene rings is 1. The maximum Gasteiger partial charge on any atom is 0.263 e. The van der Waals surface area contributed by atoms with Gasteiger partial charge in [0.05, 0.1) is 0 Å². The highest BCUT2D eigenvalue weighted by Gasteiger charge is 2.38. The molecule has 1 aliphatic carbocycles. The van der Waals surface area contributed by atoms with Gasteiger partial charge in [0.2, 0.25) is 0 Å². The average molecular weight is 246 g/mol. The van der Waals surface area contributed by atoms with Crippen LogP contribution in [0.5, 0.6) is 0 Å². The van der Waals surface area contributed by atoms with Crippen LogP contribution in [0.15, 0.2) is 18.2 Å². The summed E-state index contributed by atoms with van der Waals surface area (Å²) in [4.78, 5) is 0. The van der Waals surface area contributed by atoms with Crippen LogP contribution in [0.4, 0.5) is 8.78 Å². The van der Waals surface area contributed by atoms with Crippen molar-refractivity contribution in [2.75, 3.05) is 6.54 Å². The van der Waals surface area contributed by atoms with E-state index in [4.69, 9.17) is 17.3 Å². The zero-order valence-electron chi connectivity index (χ0n) is 8.85. The van der Waals surface area contributed by atoms with Crippen LogP contribution < -0.4 is 5.73 Å². The van der Waals surface area contributed by atoms with Crippen LogP contribution in [0.3, 0.4) is 0 Å². The molecule has 1 saturated carbocycles. The SMILES string of the molecule is NCC1(c2ccc(C(F)F)cc2Cl)CCC1. The fraction of sp³-hybridized carbons (Fsp3) is 0.500. The summed E-state index contributed by atoms with van der Waals surface area (Å²) in [5.74, 6) is 0. The summed E-state index contributed by atoms with van der Waals surface area (Å²) < 4.78 is 24.9. The highest BCUT2D eigenvalue weighted by Crippen LogP contribution is 2.45. The van der Waals surface area contributed by atoms with E-state index in [2.05, 4.69) is 0 Å². The Morgan fingerprint density at radius 3 is 2.44 bits per heavy atom. The topological polar surface area (TPSA) is 26.0 Å². The Hall–Kier alpha value is -0.670. The van der Waals surface area contributed by atoms with Gasteiger partial charge in [-0.3, -0.25) is 0 Å². The second-order valence-electron chi connectivity index (χ2n) is 4.38. The Morgan fingerprint density at radius 2 is 2.06 bits per heavy atom. The molecule has 2 N–H and O–H groups in total. The van der Waals surface area contributed by atoms with Gasteiger partial charge in [-0.05, 0) is 24.5 Å². The first kappa shape index (κ1) is 11.8. The Labute approximate surface area is 98.6 Å². The van der Waals surface area contributed by atoms with Crippen molar-refractivity contribution in [2.24, 2.45) is 5.73 Å². The van der Waals surface area contributed by atoms with E-state index in [0.717, 1.165) is 24.8 Å².